The molecule has 0 aliphatic carbocycles. The van der Waals surface area contributed by atoms with E-state index in [1.807, 2.05) is 24.5 Å². The number of likely N-dealkylation sites (tertiary alicyclic amines) is 1. The molecule has 1 unspecified atom stereocenters. The molecule has 4 rings (SSSR count). The highest BCUT2D eigenvalue weighted by molar-refractivity contribution is 5.35. The highest BCUT2D eigenvalue weighted by atomic mass is 15.3. The molecular formula is C18H26N6. The molecule has 0 amide bonds. The van der Waals surface area contributed by atoms with Gasteiger partial charge in [-0.2, -0.15) is 5.10 Å². The maximum atomic E-state index is 4.43. The summed E-state index contributed by atoms with van der Waals surface area (Å²) in [7, 11) is 0. The molecule has 2 N–H and O–H groups in total. The number of anilines is 1. The largest absolute Gasteiger partial charge is 0.370 e. The second-order valence-electron chi connectivity index (χ2n) is 6.93. The molecule has 0 spiro atoms. The van der Waals surface area contributed by atoms with Crippen LogP contribution in [0.3, 0.4) is 0 Å². The first kappa shape index (κ1) is 15.6. The zero-order valence-corrected chi connectivity index (χ0v) is 14.1. The zero-order valence-electron chi connectivity index (χ0n) is 14.1. The second-order valence-corrected chi connectivity index (χ2v) is 6.93. The fraction of sp³-hybridized carbons (Fsp3) is 0.556. The van der Waals surface area contributed by atoms with Crippen LogP contribution in [0.4, 0.5) is 5.82 Å². The van der Waals surface area contributed by atoms with Crippen molar-refractivity contribution < 1.29 is 0 Å². The molecule has 4 heterocycles. The van der Waals surface area contributed by atoms with Gasteiger partial charge in [-0.15, -0.1) is 0 Å². The number of pyridine rings is 1. The maximum Gasteiger partial charge on any atom is 0.124 e. The third kappa shape index (κ3) is 3.76. The lowest BCUT2D eigenvalue weighted by Gasteiger charge is -2.33. The van der Waals surface area contributed by atoms with Gasteiger partial charge in [-0.3, -0.25) is 9.88 Å². The predicted molar refractivity (Wildman–Crippen MR) is 94.7 cm³/mol. The molecule has 128 valence electrons. The van der Waals surface area contributed by atoms with Crippen LogP contribution in [0.2, 0.25) is 0 Å². The molecule has 1 saturated heterocycles. The van der Waals surface area contributed by atoms with Crippen LogP contribution in [0, 0.1) is 5.92 Å². The minimum Gasteiger partial charge on any atom is -0.370 e. The summed E-state index contributed by atoms with van der Waals surface area (Å²) in [5.74, 6) is 1.76. The summed E-state index contributed by atoms with van der Waals surface area (Å²) in [6.07, 6.45) is 6.20. The Morgan fingerprint density at radius 2 is 2.08 bits per heavy atom. The smallest absolute Gasteiger partial charge is 0.124 e. The van der Waals surface area contributed by atoms with Crippen molar-refractivity contribution in [1.29, 1.82) is 0 Å². The minimum atomic E-state index is 0.615. The summed E-state index contributed by atoms with van der Waals surface area (Å²) in [4.78, 5) is 6.94. The minimum absolute atomic E-state index is 0.615. The van der Waals surface area contributed by atoms with E-state index in [-0.39, 0.29) is 0 Å². The predicted octanol–water partition coefficient (Wildman–Crippen LogP) is 1.57. The number of nitrogens with one attached hydrogen (secondary N) is 2. The first-order chi connectivity index (χ1) is 11.9. The maximum absolute atomic E-state index is 4.43. The van der Waals surface area contributed by atoms with Gasteiger partial charge in [-0.05, 0) is 25.0 Å². The van der Waals surface area contributed by atoms with Gasteiger partial charge in [0.2, 0.25) is 0 Å². The molecule has 2 aromatic rings. The van der Waals surface area contributed by atoms with E-state index in [2.05, 4.69) is 42.4 Å². The van der Waals surface area contributed by atoms with Gasteiger partial charge in [0.25, 0.3) is 0 Å². The van der Waals surface area contributed by atoms with Crippen LogP contribution < -0.4 is 10.6 Å². The van der Waals surface area contributed by atoms with Crippen molar-refractivity contribution in [3.05, 3.63) is 42.4 Å². The molecule has 0 radical (unpaired) electrons. The summed E-state index contributed by atoms with van der Waals surface area (Å²) in [5, 5.41) is 11.6. The van der Waals surface area contributed by atoms with Gasteiger partial charge >= 0.3 is 0 Å². The number of rotatable bonds is 5. The molecule has 24 heavy (non-hydrogen) atoms. The van der Waals surface area contributed by atoms with E-state index < -0.39 is 0 Å². The summed E-state index contributed by atoms with van der Waals surface area (Å²) in [5.41, 5.74) is 1.17. The fourth-order valence-corrected chi connectivity index (χ4v) is 3.67. The van der Waals surface area contributed by atoms with Crippen LogP contribution in [-0.4, -0.2) is 51.9 Å². The van der Waals surface area contributed by atoms with Crippen molar-refractivity contribution in [2.45, 2.75) is 32.0 Å². The number of hydrogen-bond donors (Lipinski definition) is 2. The van der Waals surface area contributed by atoms with E-state index in [1.165, 1.54) is 18.5 Å². The first-order valence-electron chi connectivity index (χ1n) is 8.98. The number of piperidine rings is 1. The van der Waals surface area contributed by atoms with E-state index in [0.29, 0.717) is 12.0 Å². The van der Waals surface area contributed by atoms with Gasteiger partial charge in [0, 0.05) is 63.5 Å². The van der Waals surface area contributed by atoms with E-state index in [4.69, 9.17) is 0 Å². The quantitative estimate of drug-likeness (QED) is 0.873. The summed E-state index contributed by atoms with van der Waals surface area (Å²) in [6, 6.07) is 8.85. The van der Waals surface area contributed by atoms with Crippen molar-refractivity contribution in [2.24, 2.45) is 5.92 Å². The van der Waals surface area contributed by atoms with Gasteiger partial charge < -0.3 is 10.6 Å². The topological polar surface area (TPSA) is 58.0 Å². The van der Waals surface area contributed by atoms with Gasteiger partial charge in [0.1, 0.15) is 5.82 Å². The van der Waals surface area contributed by atoms with Gasteiger partial charge in [-0.1, -0.05) is 6.07 Å². The van der Waals surface area contributed by atoms with Crippen LogP contribution in [0.15, 0.2) is 36.7 Å². The van der Waals surface area contributed by atoms with Crippen LogP contribution in [0.5, 0.6) is 0 Å². The van der Waals surface area contributed by atoms with E-state index >= 15 is 0 Å². The Morgan fingerprint density at radius 3 is 2.92 bits per heavy atom. The van der Waals surface area contributed by atoms with Crippen molar-refractivity contribution >= 4 is 5.82 Å². The lowest BCUT2D eigenvalue weighted by atomic mass is 10.0. The molecule has 1 atom stereocenters. The van der Waals surface area contributed by atoms with Crippen LogP contribution >= 0.6 is 0 Å². The van der Waals surface area contributed by atoms with Gasteiger partial charge in [0.15, 0.2) is 0 Å². The molecule has 2 aliphatic rings. The third-order valence-electron chi connectivity index (χ3n) is 5.11. The first-order valence-corrected chi connectivity index (χ1v) is 8.98. The van der Waals surface area contributed by atoms with Crippen LogP contribution in [-0.2, 0) is 13.1 Å². The number of fused-ring (bicyclic) bond motifs is 1. The molecule has 0 bridgehead atoms. The lowest BCUT2D eigenvalue weighted by molar-refractivity contribution is 0.185. The van der Waals surface area contributed by atoms with Gasteiger partial charge in [-0.25, -0.2) is 4.68 Å². The Kier molecular flexibility index (Phi) is 4.76. The molecule has 1 fully saturated rings. The Morgan fingerprint density at radius 1 is 1.17 bits per heavy atom. The third-order valence-corrected chi connectivity index (χ3v) is 5.11. The van der Waals surface area contributed by atoms with Crippen LogP contribution in [0.1, 0.15) is 18.5 Å². The van der Waals surface area contributed by atoms with Crippen molar-refractivity contribution in [1.82, 2.24) is 25.0 Å². The zero-order chi connectivity index (χ0) is 16.2. The molecule has 0 aromatic carbocycles. The summed E-state index contributed by atoms with van der Waals surface area (Å²) in [6.45, 7) is 6.40. The van der Waals surface area contributed by atoms with Crippen molar-refractivity contribution in [3.63, 3.8) is 0 Å². The average Bonchev–Trinajstić information content (AvgIpc) is 3.10. The molecule has 6 nitrogen and oxygen atoms in total. The Balaban J connectivity index is 1.19. The lowest BCUT2D eigenvalue weighted by Crippen LogP contribution is -2.45. The fourth-order valence-electron chi connectivity index (χ4n) is 3.67. The number of aromatic nitrogens is 3. The SMILES string of the molecule is c1ccc(CN2CCC(NCC3CNc4ccnn4C3)CC2)nc1. The second kappa shape index (κ2) is 7.32. The summed E-state index contributed by atoms with van der Waals surface area (Å²) >= 11 is 0. The Hall–Kier alpha value is -1.92. The highest BCUT2D eigenvalue weighted by Gasteiger charge is 2.22. The highest BCUT2D eigenvalue weighted by Crippen LogP contribution is 2.17. The molecule has 6 heteroatoms. The molecule has 0 saturated carbocycles. The van der Waals surface area contributed by atoms with E-state index in [1.54, 1.807) is 0 Å². The number of nitrogens with zero attached hydrogens (tertiary/aromatic N) is 4. The van der Waals surface area contributed by atoms with Gasteiger partial charge in [0.05, 0.1) is 11.9 Å². The number of hydrogen-bond acceptors (Lipinski definition) is 5. The molecule has 2 aliphatic heterocycles. The summed E-state index contributed by atoms with van der Waals surface area (Å²) < 4.78 is 2.07. The van der Waals surface area contributed by atoms with E-state index in [0.717, 1.165) is 45.1 Å². The van der Waals surface area contributed by atoms with Crippen molar-refractivity contribution in [3.8, 4) is 0 Å². The Labute approximate surface area is 143 Å². The average molecular weight is 326 g/mol. The standard InChI is InChI=1S/C18H26N6/c1-2-7-19-17(3-1)14-23-9-5-16(6-10-23)20-11-15-12-21-18-4-8-22-24(18)13-15/h1-4,7-8,15-16,20-21H,5-6,9-14H2. The Bertz CT molecular complexity index is 632. The monoisotopic (exact) mass is 326 g/mol. The normalized spacial score (nSPS) is 22.1. The van der Waals surface area contributed by atoms with Crippen molar-refractivity contribution in [2.75, 3.05) is 31.5 Å². The molecular weight excluding hydrogens is 300 g/mol. The van der Waals surface area contributed by atoms with Crippen LogP contribution in [0.25, 0.3) is 0 Å². The molecule has 2 aromatic heterocycles. The van der Waals surface area contributed by atoms with E-state index in [9.17, 15) is 0 Å².